The van der Waals surface area contributed by atoms with Gasteiger partial charge in [-0.15, -0.1) is 0 Å². The molecule has 0 saturated heterocycles. The lowest BCUT2D eigenvalue weighted by molar-refractivity contribution is 0.256. The van der Waals surface area contributed by atoms with Crippen molar-refractivity contribution in [3.8, 4) is 11.8 Å². The standard InChI is InChI=1S/C13H15Cl3OSi/c1-18(2,3)17-12(13(14,15)16)10-9-11-7-5-4-6-8-11/h4-8,12H,1-3H3. The highest BCUT2D eigenvalue weighted by atomic mass is 35.6. The zero-order chi connectivity index (χ0) is 13.8. The Balaban J connectivity index is 2.90. The first-order chi connectivity index (χ1) is 8.18. The topological polar surface area (TPSA) is 9.23 Å². The van der Waals surface area contributed by atoms with E-state index in [0.29, 0.717) is 0 Å². The molecule has 98 valence electrons. The summed E-state index contributed by atoms with van der Waals surface area (Å²) in [6.45, 7) is 6.09. The van der Waals surface area contributed by atoms with Crippen molar-refractivity contribution in [1.29, 1.82) is 0 Å². The van der Waals surface area contributed by atoms with E-state index in [1.165, 1.54) is 0 Å². The van der Waals surface area contributed by atoms with Crippen molar-refractivity contribution in [3.63, 3.8) is 0 Å². The fourth-order valence-corrected chi connectivity index (χ4v) is 2.67. The minimum Gasteiger partial charge on any atom is -0.400 e. The molecule has 0 amide bonds. The Morgan fingerprint density at radius 3 is 2.11 bits per heavy atom. The minimum atomic E-state index is -1.82. The summed E-state index contributed by atoms with van der Waals surface area (Å²) in [5.41, 5.74) is 0.871. The molecule has 0 radical (unpaired) electrons. The van der Waals surface area contributed by atoms with Gasteiger partial charge in [0.25, 0.3) is 0 Å². The van der Waals surface area contributed by atoms with Crippen LogP contribution in [-0.2, 0) is 4.43 Å². The van der Waals surface area contributed by atoms with Crippen molar-refractivity contribution >= 4 is 43.1 Å². The third-order valence-corrected chi connectivity index (χ3v) is 3.43. The van der Waals surface area contributed by atoms with Crippen molar-refractivity contribution in [2.45, 2.75) is 29.5 Å². The van der Waals surface area contributed by atoms with Gasteiger partial charge in [-0.25, -0.2) is 0 Å². The Kier molecular flexibility index (Phi) is 5.58. The molecule has 0 heterocycles. The van der Waals surface area contributed by atoms with Gasteiger partial charge in [-0.05, 0) is 31.8 Å². The lowest BCUT2D eigenvalue weighted by atomic mass is 10.2. The van der Waals surface area contributed by atoms with Crippen LogP contribution in [0.25, 0.3) is 0 Å². The molecular weight excluding hydrogens is 307 g/mol. The Morgan fingerprint density at radius 1 is 1.11 bits per heavy atom. The van der Waals surface area contributed by atoms with Crippen LogP contribution in [-0.4, -0.2) is 18.2 Å². The summed E-state index contributed by atoms with van der Waals surface area (Å²) in [5, 5.41) is 0. The summed E-state index contributed by atoms with van der Waals surface area (Å²) >= 11 is 17.7. The van der Waals surface area contributed by atoms with Crippen LogP contribution in [0.4, 0.5) is 0 Å². The maximum Gasteiger partial charge on any atom is 0.226 e. The van der Waals surface area contributed by atoms with Crippen LogP contribution in [0.15, 0.2) is 30.3 Å². The molecule has 1 rings (SSSR count). The molecule has 18 heavy (non-hydrogen) atoms. The fourth-order valence-electron chi connectivity index (χ4n) is 1.20. The van der Waals surface area contributed by atoms with Gasteiger partial charge in [-0.2, -0.15) is 0 Å². The summed E-state index contributed by atoms with van der Waals surface area (Å²) in [6.07, 6.45) is -0.714. The molecule has 5 heteroatoms. The van der Waals surface area contributed by atoms with Crippen LogP contribution in [0.1, 0.15) is 5.56 Å². The Morgan fingerprint density at radius 2 is 1.67 bits per heavy atom. The highest BCUT2D eigenvalue weighted by molar-refractivity contribution is 6.71. The van der Waals surface area contributed by atoms with Crippen LogP contribution < -0.4 is 0 Å². The maximum atomic E-state index is 5.90. The average molecular weight is 322 g/mol. The second-order valence-electron chi connectivity index (χ2n) is 4.79. The van der Waals surface area contributed by atoms with Crippen LogP contribution in [0.2, 0.25) is 19.6 Å². The molecule has 0 aliphatic heterocycles. The lowest BCUT2D eigenvalue weighted by Crippen LogP contribution is -2.38. The molecule has 0 bridgehead atoms. The van der Waals surface area contributed by atoms with E-state index < -0.39 is 18.2 Å². The van der Waals surface area contributed by atoms with Crippen LogP contribution >= 0.6 is 34.8 Å². The molecule has 0 spiro atoms. The van der Waals surface area contributed by atoms with Crippen molar-refractivity contribution in [2.75, 3.05) is 0 Å². The third-order valence-electron chi connectivity index (χ3n) is 1.89. The van der Waals surface area contributed by atoms with Crippen molar-refractivity contribution in [1.82, 2.24) is 0 Å². The monoisotopic (exact) mass is 320 g/mol. The Hall–Kier alpha value is -0.173. The molecule has 0 fully saturated rings. The molecule has 0 aromatic heterocycles. The van der Waals surface area contributed by atoms with Gasteiger partial charge >= 0.3 is 0 Å². The van der Waals surface area contributed by atoms with E-state index >= 15 is 0 Å². The second-order valence-corrected chi connectivity index (χ2v) is 11.6. The zero-order valence-electron chi connectivity index (χ0n) is 10.5. The molecular formula is C13H15Cl3OSi. The number of alkyl halides is 3. The molecule has 0 saturated carbocycles. The van der Waals surface area contributed by atoms with Crippen LogP contribution in [0.5, 0.6) is 0 Å². The molecule has 1 aromatic rings. The Bertz CT molecular complexity index is 437. The van der Waals surface area contributed by atoms with Crippen molar-refractivity contribution in [3.05, 3.63) is 35.9 Å². The molecule has 1 unspecified atom stereocenters. The maximum absolute atomic E-state index is 5.90. The van der Waals surface area contributed by atoms with Gasteiger partial charge in [0.1, 0.15) is 0 Å². The smallest absolute Gasteiger partial charge is 0.226 e. The molecule has 0 aliphatic rings. The van der Waals surface area contributed by atoms with E-state index in [0.717, 1.165) is 5.56 Å². The number of halogens is 3. The summed E-state index contributed by atoms with van der Waals surface area (Å²) in [6, 6.07) is 9.55. The van der Waals surface area contributed by atoms with Crippen molar-refractivity contribution < 1.29 is 4.43 Å². The van der Waals surface area contributed by atoms with E-state index in [2.05, 4.69) is 11.8 Å². The third kappa shape index (κ3) is 6.13. The first kappa shape index (κ1) is 15.9. The summed E-state index contributed by atoms with van der Waals surface area (Å²) in [5.74, 6) is 5.87. The van der Waals surface area contributed by atoms with E-state index in [1.54, 1.807) is 0 Å². The number of benzene rings is 1. The van der Waals surface area contributed by atoms with Gasteiger partial charge in [0.2, 0.25) is 3.79 Å². The van der Waals surface area contributed by atoms with Crippen molar-refractivity contribution in [2.24, 2.45) is 0 Å². The summed E-state index contributed by atoms with van der Waals surface area (Å²) in [7, 11) is -1.82. The van der Waals surface area contributed by atoms with E-state index in [1.807, 2.05) is 50.0 Å². The van der Waals surface area contributed by atoms with E-state index in [9.17, 15) is 0 Å². The van der Waals surface area contributed by atoms with Gasteiger partial charge in [0.15, 0.2) is 14.4 Å². The predicted molar refractivity (Wildman–Crippen MR) is 81.8 cm³/mol. The van der Waals surface area contributed by atoms with Gasteiger partial charge in [0, 0.05) is 5.56 Å². The second kappa shape index (κ2) is 6.32. The molecule has 0 N–H and O–H groups in total. The SMILES string of the molecule is C[Si](C)(C)OC(C#Cc1ccccc1)C(Cl)(Cl)Cl. The fraction of sp³-hybridized carbons (Fsp3) is 0.385. The summed E-state index contributed by atoms with van der Waals surface area (Å²) < 4.78 is 4.25. The molecule has 1 aromatic carbocycles. The van der Waals surface area contributed by atoms with Crippen LogP contribution in [0.3, 0.4) is 0 Å². The number of hydrogen-bond donors (Lipinski definition) is 0. The Labute approximate surface area is 125 Å². The minimum absolute atomic E-state index is 0.714. The zero-order valence-corrected chi connectivity index (χ0v) is 13.8. The number of hydrogen-bond acceptors (Lipinski definition) is 1. The first-order valence-corrected chi connectivity index (χ1v) is 10.0. The molecule has 0 aliphatic carbocycles. The summed E-state index contributed by atoms with van der Waals surface area (Å²) in [4.78, 5) is 0. The lowest BCUT2D eigenvalue weighted by Gasteiger charge is -2.27. The number of rotatable bonds is 2. The van der Waals surface area contributed by atoms with Gasteiger partial charge in [-0.1, -0.05) is 64.8 Å². The normalized spacial score (nSPS) is 13.7. The predicted octanol–water partition coefficient (Wildman–Crippen LogP) is 4.63. The highest BCUT2D eigenvalue weighted by Crippen LogP contribution is 2.33. The average Bonchev–Trinajstić information content (AvgIpc) is 2.22. The largest absolute Gasteiger partial charge is 0.400 e. The van der Waals surface area contributed by atoms with Gasteiger partial charge < -0.3 is 4.43 Å². The van der Waals surface area contributed by atoms with Crippen LogP contribution in [0, 0.1) is 11.8 Å². The van der Waals surface area contributed by atoms with Gasteiger partial charge in [0.05, 0.1) is 0 Å². The molecule has 1 nitrogen and oxygen atoms in total. The van der Waals surface area contributed by atoms with E-state index in [4.69, 9.17) is 39.2 Å². The molecule has 1 atom stereocenters. The van der Waals surface area contributed by atoms with Gasteiger partial charge in [-0.3, -0.25) is 0 Å². The first-order valence-electron chi connectivity index (χ1n) is 5.49. The highest BCUT2D eigenvalue weighted by Gasteiger charge is 2.35. The quantitative estimate of drug-likeness (QED) is 0.438. The van der Waals surface area contributed by atoms with E-state index in [-0.39, 0.29) is 0 Å².